The fourth-order valence-electron chi connectivity index (χ4n) is 2.27. The zero-order valence-electron chi connectivity index (χ0n) is 9.72. The van der Waals surface area contributed by atoms with Crippen LogP contribution in [0.5, 0.6) is 0 Å². The SMILES string of the molecule is CC[C@H]1CN(c2ncc(C#N)cn2)C[C@H]1C. The van der Waals surface area contributed by atoms with Gasteiger partial charge in [-0.05, 0) is 11.8 Å². The van der Waals surface area contributed by atoms with Gasteiger partial charge in [0, 0.05) is 13.1 Å². The monoisotopic (exact) mass is 216 g/mol. The number of anilines is 1. The normalized spacial score (nSPS) is 24.4. The number of nitrogens with zero attached hydrogens (tertiary/aromatic N) is 4. The molecule has 0 unspecified atom stereocenters. The minimum atomic E-state index is 0.517. The van der Waals surface area contributed by atoms with Crippen molar-refractivity contribution in [2.24, 2.45) is 11.8 Å². The quantitative estimate of drug-likeness (QED) is 0.756. The Kier molecular flexibility index (Phi) is 3.04. The van der Waals surface area contributed by atoms with Crippen LogP contribution in [0.4, 0.5) is 5.95 Å². The van der Waals surface area contributed by atoms with Crippen LogP contribution in [0.15, 0.2) is 12.4 Å². The Morgan fingerprint density at radius 3 is 2.62 bits per heavy atom. The van der Waals surface area contributed by atoms with E-state index in [1.54, 1.807) is 12.4 Å². The first-order valence-corrected chi connectivity index (χ1v) is 5.71. The Morgan fingerprint density at radius 1 is 1.44 bits per heavy atom. The fourth-order valence-corrected chi connectivity index (χ4v) is 2.27. The lowest BCUT2D eigenvalue weighted by molar-refractivity contribution is 0.440. The molecule has 1 aliphatic rings. The molecule has 2 atom stereocenters. The molecule has 0 saturated carbocycles. The van der Waals surface area contributed by atoms with Crippen LogP contribution in [-0.4, -0.2) is 23.1 Å². The number of nitriles is 1. The molecule has 1 saturated heterocycles. The largest absolute Gasteiger partial charge is 0.340 e. The van der Waals surface area contributed by atoms with Crippen LogP contribution in [0.1, 0.15) is 25.8 Å². The molecule has 1 aliphatic heterocycles. The molecular formula is C12H16N4. The number of aromatic nitrogens is 2. The van der Waals surface area contributed by atoms with E-state index in [2.05, 4.69) is 28.7 Å². The van der Waals surface area contributed by atoms with Gasteiger partial charge < -0.3 is 4.90 Å². The third kappa shape index (κ3) is 1.99. The summed E-state index contributed by atoms with van der Waals surface area (Å²) in [6, 6.07) is 2.03. The van der Waals surface area contributed by atoms with E-state index in [0.717, 1.165) is 25.0 Å². The van der Waals surface area contributed by atoms with E-state index >= 15 is 0 Å². The van der Waals surface area contributed by atoms with Crippen molar-refractivity contribution < 1.29 is 0 Å². The van der Waals surface area contributed by atoms with Crippen LogP contribution in [0.3, 0.4) is 0 Å². The topological polar surface area (TPSA) is 52.8 Å². The van der Waals surface area contributed by atoms with Crippen molar-refractivity contribution in [2.45, 2.75) is 20.3 Å². The molecule has 16 heavy (non-hydrogen) atoms. The van der Waals surface area contributed by atoms with Crippen molar-refractivity contribution in [2.75, 3.05) is 18.0 Å². The molecule has 0 spiro atoms. The number of hydrogen-bond donors (Lipinski definition) is 0. The highest BCUT2D eigenvalue weighted by atomic mass is 15.3. The zero-order chi connectivity index (χ0) is 11.5. The summed E-state index contributed by atoms with van der Waals surface area (Å²) in [5, 5.41) is 8.67. The Bertz CT molecular complexity index is 392. The minimum absolute atomic E-state index is 0.517. The van der Waals surface area contributed by atoms with E-state index in [1.165, 1.54) is 6.42 Å². The van der Waals surface area contributed by atoms with Crippen LogP contribution in [-0.2, 0) is 0 Å². The summed E-state index contributed by atoms with van der Waals surface area (Å²) in [6.07, 6.45) is 4.38. The predicted octanol–water partition coefficient (Wildman–Crippen LogP) is 1.83. The molecule has 0 aliphatic carbocycles. The summed E-state index contributed by atoms with van der Waals surface area (Å²) in [4.78, 5) is 10.7. The van der Waals surface area contributed by atoms with Gasteiger partial charge in [0.1, 0.15) is 6.07 Å². The first-order valence-electron chi connectivity index (χ1n) is 5.71. The highest BCUT2D eigenvalue weighted by molar-refractivity contribution is 5.34. The van der Waals surface area contributed by atoms with Gasteiger partial charge in [-0.3, -0.25) is 0 Å². The summed E-state index contributed by atoms with van der Waals surface area (Å²) in [7, 11) is 0. The van der Waals surface area contributed by atoms with Gasteiger partial charge in [-0.15, -0.1) is 0 Å². The molecule has 1 aromatic heterocycles. The summed E-state index contributed by atoms with van der Waals surface area (Å²) in [6.45, 7) is 6.55. The van der Waals surface area contributed by atoms with E-state index in [4.69, 9.17) is 5.26 Å². The first-order chi connectivity index (χ1) is 7.74. The van der Waals surface area contributed by atoms with E-state index in [0.29, 0.717) is 11.5 Å². The van der Waals surface area contributed by atoms with Gasteiger partial charge in [-0.1, -0.05) is 20.3 Å². The summed E-state index contributed by atoms with van der Waals surface area (Å²) in [5.41, 5.74) is 0.517. The lowest BCUT2D eigenvalue weighted by Gasteiger charge is -2.15. The molecule has 1 fully saturated rings. The third-order valence-electron chi connectivity index (χ3n) is 3.34. The van der Waals surface area contributed by atoms with Gasteiger partial charge in [-0.25, -0.2) is 9.97 Å². The molecule has 0 bridgehead atoms. The van der Waals surface area contributed by atoms with E-state index in [-0.39, 0.29) is 0 Å². The Morgan fingerprint density at radius 2 is 2.12 bits per heavy atom. The maximum atomic E-state index is 8.67. The third-order valence-corrected chi connectivity index (χ3v) is 3.34. The molecule has 4 nitrogen and oxygen atoms in total. The molecule has 0 aromatic carbocycles. The van der Waals surface area contributed by atoms with Gasteiger partial charge in [0.25, 0.3) is 0 Å². The lowest BCUT2D eigenvalue weighted by Crippen LogP contribution is -2.22. The predicted molar refractivity (Wildman–Crippen MR) is 61.9 cm³/mol. The van der Waals surface area contributed by atoms with Gasteiger partial charge in [0.2, 0.25) is 5.95 Å². The number of rotatable bonds is 2. The van der Waals surface area contributed by atoms with Crippen molar-refractivity contribution in [3.8, 4) is 6.07 Å². The van der Waals surface area contributed by atoms with Gasteiger partial charge in [0.05, 0.1) is 18.0 Å². The molecule has 84 valence electrons. The van der Waals surface area contributed by atoms with Gasteiger partial charge in [-0.2, -0.15) is 5.26 Å². The highest BCUT2D eigenvalue weighted by Crippen LogP contribution is 2.27. The minimum Gasteiger partial charge on any atom is -0.340 e. The molecule has 4 heteroatoms. The van der Waals surface area contributed by atoms with Crippen molar-refractivity contribution in [1.29, 1.82) is 5.26 Å². The summed E-state index contributed by atoms with van der Waals surface area (Å²) >= 11 is 0. The van der Waals surface area contributed by atoms with Crippen molar-refractivity contribution in [1.82, 2.24) is 9.97 Å². The van der Waals surface area contributed by atoms with Crippen LogP contribution in [0, 0.1) is 23.2 Å². The second-order valence-corrected chi connectivity index (χ2v) is 4.43. The van der Waals surface area contributed by atoms with Crippen molar-refractivity contribution in [3.63, 3.8) is 0 Å². The summed E-state index contributed by atoms with van der Waals surface area (Å²) in [5.74, 6) is 2.19. The smallest absolute Gasteiger partial charge is 0.225 e. The van der Waals surface area contributed by atoms with Crippen LogP contribution < -0.4 is 4.90 Å². The average Bonchev–Trinajstić information content (AvgIpc) is 2.71. The maximum Gasteiger partial charge on any atom is 0.225 e. The number of hydrogen-bond acceptors (Lipinski definition) is 4. The van der Waals surface area contributed by atoms with E-state index in [1.807, 2.05) is 6.07 Å². The van der Waals surface area contributed by atoms with Crippen LogP contribution >= 0.6 is 0 Å². The Balaban J connectivity index is 2.11. The average molecular weight is 216 g/mol. The second-order valence-electron chi connectivity index (χ2n) is 4.43. The maximum absolute atomic E-state index is 8.67. The molecule has 0 N–H and O–H groups in total. The van der Waals surface area contributed by atoms with E-state index < -0.39 is 0 Å². The van der Waals surface area contributed by atoms with Crippen molar-refractivity contribution in [3.05, 3.63) is 18.0 Å². The zero-order valence-corrected chi connectivity index (χ0v) is 9.72. The molecule has 1 aromatic rings. The first kappa shape index (κ1) is 10.9. The van der Waals surface area contributed by atoms with Crippen LogP contribution in [0.25, 0.3) is 0 Å². The molecule has 2 rings (SSSR count). The van der Waals surface area contributed by atoms with E-state index in [9.17, 15) is 0 Å². The lowest BCUT2D eigenvalue weighted by atomic mass is 9.96. The van der Waals surface area contributed by atoms with Gasteiger partial charge >= 0.3 is 0 Å². The van der Waals surface area contributed by atoms with Gasteiger partial charge in [0.15, 0.2) is 0 Å². The molecule has 2 heterocycles. The molecule has 0 amide bonds. The molecule has 0 radical (unpaired) electrons. The molecular weight excluding hydrogens is 200 g/mol. The fraction of sp³-hybridized carbons (Fsp3) is 0.583. The highest BCUT2D eigenvalue weighted by Gasteiger charge is 2.29. The Labute approximate surface area is 95.9 Å². The Hall–Kier alpha value is -1.63. The van der Waals surface area contributed by atoms with Crippen LogP contribution in [0.2, 0.25) is 0 Å². The summed E-state index contributed by atoms with van der Waals surface area (Å²) < 4.78 is 0. The second kappa shape index (κ2) is 4.48. The standard InChI is InChI=1S/C12H16N4/c1-3-11-8-16(7-9(11)2)12-14-5-10(4-13)6-15-12/h5-6,9,11H,3,7-8H2,1-2H3/t9-,11+/m1/s1. The van der Waals surface area contributed by atoms with Crippen molar-refractivity contribution >= 4 is 5.95 Å².